The molecule has 0 radical (unpaired) electrons. The van der Waals surface area contributed by atoms with Gasteiger partial charge in [-0.2, -0.15) is 0 Å². The predicted molar refractivity (Wildman–Crippen MR) is 59.3 cm³/mol. The van der Waals surface area contributed by atoms with Gasteiger partial charge in [0.05, 0.1) is 0 Å². The Morgan fingerprint density at radius 3 is 2.14 bits per heavy atom. The Kier molecular flexibility index (Phi) is 2.53. The van der Waals surface area contributed by atoms with E-state index in [2.05, 4.69) is 4.90 Å². The highest BCUT2D eigenvalue weighted by molar-refractivity contribution is 4.95. The van der Waals surface area contributed by atoms with Crippen LogP contribution < -0.4 is 0 Å². The molecule has 1 nitrogen and oxygen atoms in total. The number of rotatable bonds is 1. The summed E-state index contributed by atoms with van der Waals surface area (Å²) in [5.41, 5.74) is 0. The van der Waals surface area contributed by atoms with Crippen LogP contribution >= 0.6 is 0 Å². The quantitative estimate of drug-likeness (QED) is 0.618. The third-order valence-corrected chi connectivity index (χ3v) is 4.81. The van der Waals surface area contributed by atoms with Crippen LogP contribution in [-0.2, 0) is 0 Å². The average Bonchev–Trinajstić information content (AvgIpc) is 2.72. The fourth-order valence-electron chi connectivity index (χ4n) is 4.09. The minimum atomic E-state index is 1.01. The van der Waals surface area contributed by atoms with Gasteiger partial charge in [0.15, 0.2) is 0 Å². The second-order valence-corrected chi connectivity index (χ2v) is 5.69. The molecular weight excluding hydrogens is 170 g/mol. The lowest BCUT2D eigenvalue weighted by Crippen LogP contribution is -2.39. The van der Waals surface area contributed by atoms with Gasteiger partial charge in [0.1, 0.15) is 0 Å². The lowest BCUT2D eigenvalue weighted by Gasteiger charge is -2.33. The molecule has 2 aliphatic carbocycles. The van der Waals surface area contributed by atoms with Gasteiger partial charge in [0.25, 0.3) is 0 Å². The SMILES string of the molecule is C1CCCN(C2CC3CCC2C3)CC1. The van der Waals surface area contributed by atoms with E-state index < -0.39 is 0 Å². The van der Waals surface area contributed by atoms with Crippen LogP contribution in [0.25, 0.3) is 0 Å². The Hall–Kier alpha value is -0.0400. The largest absolute Gasteiger partial charge is 0.300 e. The van der Waals surface area contributed by atoms with Crippen molar-refractivity contribution in [1.82, 2.24) is 4.90 Å². The first kappa shape index (κ1) is 9.21. The third-order valence-electron chi connectivity index (χ3n) is 4.81. The second-order valence-electron chi connectivity index (χ2n) is 5.69. The lowest BCUT2D eigenvalue weighted by molar-refractivity contribution is 0.147. The van der Waals surface area contributed by atoms with Crippen molar-refractivity contribution < 1.29 is 0 Å². The molecule has 2 saturated carbocycles. The Labute approximate surface area is 87.9 Å². The monoisotopic (exact) mass is 193 g/mol. The molecule has 0 aromatic heterocycles. The molecule has 0 aromatic carbocycles. The zero-order valence-electron chi connectivity index (χ0n) is 9.25. The molecule has 1 heteroatoms. The molecule has 3 rings (SSSR count). The minimum Gasteiger partial charge on any atom is -0.300 e. The number of fused-ring (bicyclic) bond motifs is 2. The number of hydrogen-bond acceptors (Lipinski definition) is 1. The van der Waals surface area contributed by atoms with Gasteiger partial charge in [-0.25, -0.2) is 0 Å². The first-order valence-electron chi connectivity index (χ1n) is 6.67. The molecule has 3 aliphatic rings. The van der Waals surface area contributed by atoms with Crippen molar-refractivity contribution >= 4 is 0 Å². The standard InChI is InChI=1S/C13H23N/c1-2-4-8-14(7-3-1)13-10-11-5-6-12(13)9-11/h11-13H,1-10H2. The van der Waals surface area contributed by atoms with Crippen LogP contribution in [0.5, 0.6) is 0 Å². The zero-order valence-corrected chi connectivity index (χ0v) is 9.25. The molecule has 3 atom stereocenters. The highest BCUT2D eigenvalue weighted by Gasteiger charge is 2.41. The summed E-state index contributed by atoms with van der Waals surface area (Å²) < 4.78 is 0. The topological polar surface area (TPSA) is 3.24 Å². The van der Waals surface area contributed by atoms with Crippen LogP contribution in [0.4, 0.5) is 0 Å². The molecule has 0 spiro atoms. The molecule has 2 bridgehead atoms. The molecule has 3 fully saturated rings. The lowest BCUT2D eigenvalue weighted by atomic mass is 9.94. The van der Waals surface area contributed by atoms with Gasteiger partial charge in [-0.05, 0) is 57.0 Å². The van der Waals surface area contributed by atoms with E-state index in [-0.39, 0.29) is 0 Å². The smallest absolute Gasteiger partial charge is 0.0126 e. The molecule has 1 saturated heterocycles. The highest BCUT2D eigenvalue weighted by atomic mass is 15.2. The molecule has 0 N–H and O–H groups in total. The Bertz CT molecular complexity index is 193. The third kappa shape index (κ3) is 1.60. The summed E-state index contributed by atoms with van der Waals surface area (Å²) in [7, 11) is 0. The van der Waals surface area contributed by atoms with Crippen LogP contribution in [0.1, 0.15) is 51.4 Å². The highest BCUT2D eigenvalue weighted by Crippen LogP contribution is 2.46. The van der Waals surface area contributed by atoms with Gasteiger partial charge in [0, 0.05) is 6.04 Å². The number of hydrogen-bond donors (Lipinski definition) is 0. The van der Waals surface area contributed by atoms with E-state index >= 15 is 0 Å². The summed E-state index contributed by atoms with van der Waals surface area (Å²) in [6, 6.07) is 1.01. The normalized spacial score (nSPS) is 44.1. The molecule has 1 heterocycles. The van der Waals surface area contributed by atoms with Crippen molar-refractivity contribution in [3.8, 4) is 0 Å². The summed E-state index contributed by atoms with van der Waals surface area (Å²) in [4.78, 5) is 2.84. The Morgan fingerprint density at radius 1 is 0.786 bits per heavy atom. The first-order chi connectivity index (χ1) is 6.93. The van der Waals surface area contributed by atoms with E-state index in [9.17, 15) is 0 Å². The maximum absolute atomic E-state index is 2.84. The minimum absolute atomic E-state index is 1.01. The number of nitrogens with zero attached hydrogens (tertiary/aromatic N) is 1. The van der Waals surface area contributed by atoms with E-state index in [4.69, 9.17) is 0 Å². The first-order valence-corrected chi connectivity index (χ1v) is 6.67. The van der Waals surface area contributed by atoms with Crippen LogP contribution in [0.3, 0.4) is 0 Å². The summed E-state index contributed by atoms with van der Waals surface area (Å²) in [5, 5.41) is 0. The van der Waals surface area contributed by atoms with Crippen molar-refractivity contribution in [2.45, 2.75) is 57.4 Å². The molecule has 14 heavy (non-hydrogen) atoms. The fourth-order valence-corrected chi connectivity index (χ4v) is 4.09. The molecule has 0 aromatic rings. The fraction of sp³-hybridized carbons (Fsp3) is 1.00. The molecule has 1 aliphatic heterocycles. The van der Waals surface area contributed by atoms with Gasteiger partial charge in [-0.1, -0.05) is 19.3 Å². The van der Waals surface area contributed by atoms with Crippen molar-refractivity contribution in [2.75, 3.05) is 13.1 Å². The van der Waals surface area contributed by atoms with Crippen molar-refractivity contribution in [3.63, 3.8) is 0 Å². The van der Waals surface area contributed by atoms with Gasteiger partial charge in [0.2, 0.25) is 0 Å². The van der Waals surface area contributed by atoms with Crippen molar-refractivity contribution in [3.05, 3.63) is 0 Å². The Morgan fingerprint density at radius 2 is 1.57 bits per heavy atom. The van der Waals surface area contributed by atoms with Gasteiger partial charge >= 0.3 is 0 Å². The van der Waals surface area contributed by atoms with Crippen molar-refractivity contribution in [1.29, 1.82) is 0 Å². The van der Waals surface area contributed by atoms with Crippen LogP contribution in [-0.4, -0.2) is 24.0 Å². The van der Waals surface area contributed by atoms with Crippen molar-refractivity contribution in [2.24, 2.45) is 11.8 Å². The molecule has 80 valence electrons. The molecular formula is C13H23N. The van der Waals surface area contributed by atoms with Crippen LogP contribution in [0.2, 0.25) is 0 Å². The molecule has 0 amide bonds. The van der Waals surface area contributed by atoms with E-state index in [0.29, 0.717) is 0 Å². The van der Waals surface area contributed by atoms with Crippen LogP contribution in [0, 0.1) is 11.8 Å². The van der Waals surface area contributed by atoms with Crippen LogP contribution in [0.15, 0.2) is 0 Å². The van der Waals surface area contributed by atoms with E-state index in [1.165, 1.54) is 38.8 Å². The second kappa shape index (κ2) is 3.84. The van der Waals surface area contributed by atoms with Gasteiger partial charge in [-0.15, -0.1) is 0 Å². The summed E-state index contributed by atoms with van der Waals surface area (Å²) in [5.74, 6) is 2.21. The maximum atomic E-state index is 2.84. The average molecular weight is 193 g/mol. The predicted octanol–water partition coefficient (Wildman–Crippen LogP) is 3.05. The maximum Gasteiger partial charge on any atom is 0.0126 e. The van der Waals surface area contributed by atoms with E-state index in [1.54, 1.807) is 25.7 Å². The summed E-state index contributed by atoms with van der Waals surface area (Å²) in [6.07, 6.45) is 12.1. The summed E-state index contributed by atoms with van der Waals surface area (Å²) in [6.45, 7) is 2.82. The zero-order chi connectivity index (χ0) is 9.38. The van der Waals surface area contributed by atoms with Gasteiger partial charge < -0.3 is 4.90 Å². The number of likely N-dealkylation sites (tertiary alicyclic amines) is 1. The molecule has 3 unspecified atom stereocenters. The van der Waals surface area contributed by atoms with Gasteiger partial charge in [-0.3, -0.25) is 0 Å². The summed E-state index contributed by atoms with van der Waals surface area (Å²) >= 11 is 0. The van der Waals surface area contributed by atoms with E-state index in [1.807, 2.05) is 0 Å². The van der Waals surface area contributed by atoms with E-state index in [0.717, 1.165) is 17.9 Å². The Balaban J connectivity index is 1.63.